The van der Waals surface area contributed by atoms with E-state index in [2.05, 4.69) is 26.0 Å². The molecule has 2 aromatic carbocycles. The van der Waals surface area contributed by atoms with Gasteiger partial charge in [-0.1, -0.05) is 5.16 Å². The molecule has 3 aromatic rings. The molecule has 0 radical (unpaired) electrons. The second-order valence-corrected chi connectivity index (χ2v) is 7.04. The Balaban J connectivity index is 1.53. The lowest BCUT2D eigenvalue weighted by Crippen LogP contribution is -2.41. The number of anilines is 3. The normalized spacial score (nSPS) is 16.9. The van der Waals surface area contributed by atoms with Crippen molar-refractivity contribution in [3.63, 3.8) is 0 Å². The van der Waals surface area contributed by atoms with Gasteiger partial charge >= 0.3 is 11.3 Å². The third-order valence-corrected chi connectivity index (χ3v) is 4.81. The molecule has 0 saturated carbocycles. The second-order valence-electron chi connectivity index (χ2n) is 6.57. The first-order chi connectivity index (χ1) is 13.8. The Morgan fingerprint density at radius 2 is 2.00 bits per heavy atom. The Morgan fingerprint density at radius 3 is 2.59 bits per heavy atom. The number of aromatic nitrogens is 2. The van der Waals surface area contributed by atoms with Crippen LogP contribution in [0.1, 0.15) is 12.3 Å². The van der Waals surface area contributed by atoms with Gasteiger partial charge in [0, 0.05) is 24.3 Å². The maximum atomic E-state index is 13.0. The molecule has 1 N–H and O–H groups in total. The number of nitrogens with one attached hydrogen (secondary N) is 1. The summed E-state index contributed by atoms with van der Waals surface area (Å²) in [6.45, 7) is 0.933. The van der Waals surface area contributed by atoms with Crippen LogP contribution < -0.4 is 21.1 Å². The van der Waals surface area contributed by atoms with Crippen molar-refractivity contribution in [2.75, 3.05) is 23.3 Å². The van der Waals surface area contributed by atoms with Gasteiger partial charge in [-0.25, -0.2) is 0 Å². The molecule has 1 unspecified atom stereocenters. The first kappa shape index (κ1) is 19.0. The minimum absolute atomic E-state index is 0.0683. The standard InChI is InChI=1S/C18H12ClF2N5O3/c19-18(20,21)17-24-16(25-29-17)10-1-3-11(4-2-10)23-12-13(15(28)14(12)27)26-6-5-9(7-22)8-26/h1-4,9,23H,5-6,8H2. The molecule has 148 valence electrons. The Morgan fingerprint density at radius 1 is 1.28 bits per heavy atom. The van der Waals surface area contributed by atoms with Crippen molar-refractivity contribution in [2.24, 2.45) is 5.92 Å². The SMILES string of the molecule is N#CC1CCN(c2c(Nc3ccc(-c4noc(C(F)(F)Cl)n4)cc3)c(=O)c2=O)C1. The van der Waals surface area contributed by atoms with Crippen LogP contribution in [0.4, 0.5) is 25.8 Å². The Hall–Kier alpha value is -3.32. The number of hydrogen-bond acceptors (Lipinski definition) is 8. The van der Waals surface area contributed by atoms with Crippen molar-refractivity contribution < 1.29 is 13.3 Å². The van der Waals surface area contributed by atoms with E-state index in [1.807, 2.05) is 0 Å². The van der Waals surface area contributed by atoms with E-state index < -0.39 is 22.1 Å². The van der Waals surface area contributed by atoms with Crippen molar-refractivity contribution in [2.45, 2.75) is 11.8 Å². The molecule has 8 nitrogen and oxygen atoms in total. The lowest BCUT2D eigenvalue weighted by molar-refractivity contribution is 0.0551. The fourth-order valence-electron chi connectivity index (χ4n) is 3.17. The molecule has 1 atom stereocenters. The van der Waals surface area contributed by atoms with Crippen molar-refractivity contribution in [1.29, 1.82) is 5.26 Å². The molecule has 2 heterocycles. The van der Waals surface area contributed by atoms with E-state index in [1.54, 1.807) is 17.0 Å². The molecule has 1 aromatic heterocycles. The predicted octanol–water partition coefficient (Wildman–Crippen LogP) is 2.71. The first-order valence-electron chi connectivity index (χ1n) is 8.54. The first-order valence-corrected chi connectivity index (χ1v) is 8.92. The van der Waals surface area contributed by atoms with Gasteiger partial charge in [0.05, 0.1) is 12.0 Å². The molecule has 0 spiro atoms. The molecule has 0 aliphatic carbocycles. The largest absolute Gasteiger partial charge is 0.400 e. The lowest BCUT2D eigenvalue weighted by Gasteiger charge is -2.22. The fourth-order valence-corrected chi connectivity index (χ4v) is 3.25. The van der Waals surface area contributed by atoms with Gasteiger partial charge in [-0.3, -0.25) is 9.59 Å². The highest BCUT2D eigenvalue weighted by Gasteiger charge is 2.36. The van der Waals surface area contributed by atoms with Gasteiger partial charge in [-0.05, 0) is 42.3 Å². The van der Waals surface area contributed by atoms with Crippen LogP contribution in [-0.2, 0) is 5.38 Å². The zero-order valence-electron chi connectivity index (χ0n) is 14.7. The Bertz CT molecular complexity index is 1170. The van der Waals surface area contributed by atoms with E-state index >= 15 is 0 Å². The number of hydrogen-bond donors (Lipinski definition) is 1. The topological polar surface area (TPSA) is 112 Å². The summed E-state index contributed by atoms with van der Waals surface area (Å²) in [7, 11) is 0. The van der Waals surface area contributed by atoms with E-state index in [-0.39, 0.29) is 23.1 Å². The summed E-state index contributed by atoms with van der Waals surface area (Å²) >= 11 is 4.85. The predicted molar refractivity (Wildman–Crippen MR) is 100 cm³/mol. The third kappa shape index (κ3) is 3.45. The molecule has 1 saturated heterocycles. The number of halogens is 3. The van der Waals surface area contributed by atoms with Crippen molar-refractivity contribution in [1.82, 2.24) is 10.1 Å². The number of nitrogens with zero attached hydrogens (tertiary/aromatic N) is 4. The van der Waals surface area contributed by atoms with Gasteiger partial charge in [-0.2, -0.15) is 19.0 Å². The molecule has 29 heavy (non-hydrogen) atoms. The molecular weight excluding hydrogens is 408 g/mol. The summed E-state index contributed by atoms with van der Waals surface area (Å²) in [6, 6.07) is 8.39. The monoisotopic (exact) mass is 419 g/mol. The lowest BCUT2D eigenvalue weighted by atomic mass is 10.1. The third-order valence-electron chi connectivity index (χ3n) is 4.65. The molecule has 11 heteroatoms. The summed E-state index contributed by atoms with van der Waals surface area (Å²) in [5.74, 6) is -1.25. The van der Waals surface area contributed by atoms with Crippen LogP contribution in [0, 0.1) is 17.2 Å². The maximum Gasteiger partial charge on any atom is 0.400 e. The summed E-state index contributed by atoms with van der Waals surface area (Å²) in [5, 5.41) is 11.6. The van der Waals surface area contributed by atoms with Crippen LogP contribution in [0.5, 0.6) is 0 Å². The quantitative estimate of drug-likeness (QED) is 0.496. The number of alkyl halides is 3. The fraction of sp³-hybridized carbons (Fsp3) is 0.278. The van der Waals surface area contributed by atoms with Gasteiger partial charge in [0.25, 0.3) is 10.9 Å². The van der Waals surface area contributed by atoms with Gasteiger partial charge in [0.2, 0.25) is 5.82 Å². The van der Waals surface area contributed by atoms with Crippen LogP contribution in [-0.4, -0.2) is 23.2 Å². The van der Waals surface area contributed by atoms with E-state index in [1.165, 1.54) is 12.1 Å². The molecule has 1 aliphatic heterocycles. The van der Waals surface area contributed by atoms with E-state index in [0.29, 0.717) is 30.8 Å². The Labute approximate surface area is 167 Å². The summed E-state index contributed by atoms with van der Waals surface area (Å²) in [4.78, 5) is 29.3. The minimum Gasteiger partial charge on any atom is -0.365 e. The van der Waals surface area contributed by atoms with Gasteiger partial charge in [0.15, 0.2) is 0 Å². The highest BCUT2D eigenvalue weighted by Crippen LogP contribution is 2.33. The second kappa shape index (κ2) is 6.93. The van der Waals surface area contributed by atoms with Crippen LogP contribution in [0.15, 0.2) is 38.4 Å². The van der Waals surface area contributed by atoms with Crippen LogP contribution in [0.2, 0.25) is 0 Å². The highest BCUT2D eigenvalue weighted by molar-refractivity contribution is 6.21. The molecular formula is C18H12ClF2N5O3. The minimum atomic E-state index is -3.76. The smallest absolute Gasteiger partial charge is 0.365 e. The van der Waals surface area contributed by atoms with Crippen LogP contribution in [0.3, 0.4) is 0 Å². The zero-order chi connectivity index (χ0) is 20.8. The average molecular weight is 420 g/mol. The Kier molecular flexibility index (Phi) is 4.55. The molecule has 1 fully saturated rings. The number of rotatable bonds is 5. The van der Waals surface area contributed by atoms with Crippen molar-refractivity contribution in [3.8, 4) is 17.5 Å². The van der Waals surface area contributed by atoms with Crippen molar-refractivity contribution >= 4 is 28.7 Å². The van der Waals surface area contributed by atoms with E-state index in [0.717, 1.165) is 0 Å². The van der Waals surface area contributed by atoms with E-state index in [4.69, 9.17) is 16.9 Å². The summed E-state index contributed by atoms with van der Waals surface area (Å²) in [5.41, 5.74) is 0.146. The van der Waals surface area contributed by atoms with Gasteiger partial charge in [-0.15, -0.1) is 0 Å². The maximum absolute atomic E-state index is 13.0. The number of nitriles is 1. The van der Waals surface area contributed by atoms with Gasteiger partial charge in [0.1, 0.15) is 11.4 Å². The van der Waals surface area contributed by atoms with Gasteiger partial charge < -0.3 is 14.7 Å². The molecule has 4 rings (SSSR count). The highest BCUT2D eigenvalue weighted by atomic mass is 35.5. The molecule has 0 amide bonds. The van der Waals surface area contributed by atoms with E-state index in [9.17, 15) is 18.4 Å². The number of benzene rings is 1. The average Bonchev–Trinajstić information content (AvgIpc) is 3.37. The van der Waals surface area contributed by atoms with Crippen LogP contribution in [0.25, 0.3) is 11.4 Å². The zero-order valence-corrected chi connectivity index (χ0v) is 15.4. The molecule has 0 bridgehead atoms. The van der Waals surface area contributed by atoms with Crippen LogP contribution >= 0.6 is 11.6 Å². The summed E-state index contributed by atoms with van der Waals surface area (Å²) < 4.78 is 30.4. The van der Waals surface area contributed by atoms with Crippen molar-refractivity contribution in [3.05, 3.63) is 50.6 Å². The molecule has 1 aliphatic rings. The summed E-state index contributed by atoms with van der Waals surface area (Å²) in [6.07, 6.45) is 0.636.